The maximum Gasteiger partial charge on any atom is 0.123 e. The minimum absolute atomic E-state index is 0.160. The third-order valence-corrected chi connectivity index (χ3v) is 3.51. The van der Waals surface area contributed by atoms with Crippen molar-refractivity contribution in [1.29, 1.82) is 0 Å². The predicted molar refractivity (Wildman–Crippen MR) is 68.4 cm³/mol. The van der Waals surface area contributed by atoms with Gasteiger partial charge in [0.1, 0.15) is 5.82 Å². The Bertz CT molecular complexity index is 350. The zero-order valence-corrected chi connectivity index (χ0v) is 10.6. The number of nitrogens with zero attached hydrogens (tertiary/aromatic N) is 1. The van der Waals surface area contributed by atoms with Crippen LogP contribution < -0.4 is 5.32 Å². The molecule has 1 heterocycles. The number of halogens is 1. The summed E-state index contributed by atoms with van der Waals surface area (Å²) in [5, 5.41) is 3.44. The van der Waals surface area contributed by atoms with Crippen molar-refractivity contribution >= 4 is 0 Å². The second-order valence-corrected chi connectivity index (χ2v) is 5.03. The summed E-state index contributed by atoms with van der Waals surface area (Å²) in [6, 6.07) is 7.24. The highest BCUT2D eigenvalue weighted by molar-refractivity contribution is 5.19. The molecule has 0 aromatic heterocycles. The molecule has 1 N–H and O–H groups in total. The van der Waals surface area contributed by atoms with Crippen LogP contribution in [0.5, 0.6) is 0 Å². The largest absolute Gasteiger partial charge is 0.315 e. The van der Waals surface area contributed by atoms with E-state index in [2.05, 4.69) is 24.1 Å². The van der Waals surface area contributed by atoms with E-state index in [9.17, 15) is 4.39 Å². The molecule has 2 rings (SSSR count). The first-order valence-corrected chi connectivity index (χ1v) is 6.37. The lowest BCUT2D eigenvalue weighted by atomic mass is 10.1. The Balaban J connectivity index is 2.07. The average molecular weight is 236 g/mol. The van der Waals surface area contributed by atoms with Crippen LogP contribution in [0, 0.1) is 11.7 Å². The molecular formula is C14H21FN2. The van der Waals surface area contributed by atoms with Crippen LogP contribution in [0.1, 0.15) is 25.5 Å². The maximum absolute atomic E-state index is 12.9. The molecule has 2 unspecified atom stereocenters. The Morgan fingerprint density at radius 1 is 1.35 bits per heavy atom. The summed E-state index contributed by atoms with van der Waals surface area (Å²) in [5.74, 6) is 0.507. The van der Waals surface area contributed by atoms with Crippen molar-refractivity contribution in [2.24, 2.45) is 5.92 Å². The van der Waals surface area contributed by atoms with Crippen LogP contribution in [0.2, 0.25) is 0 Å². The van der Waals surface area contributed by atoms with Crippen molar-refractivity contribution < 1.29 is 4.39 Å². The molecule has 1 aliphatic rings. The van der Waals surface area contributed by atoms with Crippen LogP contribution >= 0.6 is 0 Å². The molecule has 1 aromatic rings. The molecular weight excluding hydrogens is 215 g/mol. The molecule has 1 saturated heterocycles. The van der Waals surface area contributed by atoms with Crippen LogP contribution in [-0.2, 0) is 0 Å². The van der Waals surface area contributed by atoms with Gasteiger partial charge in [-0.1, -0.05) is 19.1 Å². The van der Waals surface area contributed by atoms with Gasteiger partial charge in [-0.2, -0.15) is 0 Å². The molecule has 2 nitrogen and oxygen atoms in total. The van der Waals surface area contributed by atoms with Crippen molar-refractivity contribution in [2.45, 2.75) is 19.9 Å². The zero-order valence-electron chi connectivity index (χ0n) is 10.6. The Morgan fingerprint density at radius 2 is 2.06 bits per heavy atom. The molecule has 17 heavy (non-hydrogen) atoms. The Morgan fingerprint density at radius 3 is 2.76 bits per heavy atom. The summed E-state index contributed by atoms with van der Waals surface area (Å²) < 4.78 is 12.9. The van der Waals surface area contributed by atoms with E-state index in [1.165, 1.54) is 5.56 Å². The minimum atomic E-state index is -0.160. The van der Waals surface area contributed by atoms with E-state index in [1.807, 2.05) is 12.1 Å². The van der Waals surface area contributed by atoms with Crippen molar-refractivity contribution in [2.75, 3.05) is 26.2 Å². The van der Waals surface area contributed by atoms with Gasteiger partial charge in [0, 0.05) is 25.7 Å². The summed E-state index contributed by atoms with van der Waals surface area (Å²) in [6.07, 6.45) is 0. The lowest BCUT2D eigenvalue weighted by molar-refractivity contribution is 0.204. The third-order valence-electron chi connectivity index (χ3n) is 3.51. The van der Waals surface area contributed by atoms with Crippen LogP contribution in [-0.4, -0.2) is 31.1 Å². The highest BCUT2D eigenvalue weighted by atomic mass is 19.1. The molecule has 1 fully saturated rings. The molecule has 0 spiro atoms. The Labute approximate surface area is 103 Å². The Kier molecular flexibility index (Phi) is 4.13. The third kappa shape index (κ3) is 3.27. The molecule has 1 aliphatic heterocycles. The smallest absolute Gasteiger partial charge is 0.123 e. The minimum Gasteiger partial charge on any atom is -0.315 e. The molecule has 2 atom stereocenters. The average Bonchev–Trinajstić information content (AvgIpc) is 2.54. The van der Waals surface area contributed by atoms with Crippen molar-refractivity contribution in [1.82, 2.24) is 10.2 Å². The first-order chi connectivity index (χ1) is 8.16. The summed E-state index contributed by atoms with van der Waals surface area (Å²) in [7, 11) is 0. The fourth-order valence-electron chi connectivity index (χ4n) is 2.43. The molecule has 0 radical (unpaired) electrons. The van der Waals surface area contributed by atoms with E-state index in [0.717, 1.165) is 26.2 Å². The lowest BCUT2D eigenvalue weighted by Crippen LogP contribution is -2.32. The quantitative estimate of drug-likeness (QED) is 0.848. The van der Waals surface area contributed by atoms with Crippen molar-refractivity contribution in [3.05, 3.63) is 35.6 Å². The maximum atomic E-state index is 12.9. The fourth-order valence-corrected chi connectivity index (χ4v) is 2.43. The highest BCUT2D eigenvalue weighted by Crippen LogP contribution is 2.21. The van der Waals surface area contributed by atoms with Gasteiger partial charge in [0.15, 0.2) is 0 Å². The van der Waals surface area contributed by atoms with E-state index in [0.29, 0.717) is 12.0 Å². The number of nitrogens with one attached hydrogen (secondary N) is 1. The van der Waals surface area contributed by atoms with Gasteiger partial charge in [-0.15, -0.1) is 0 Å². The highest BCUT2D eigenvalue weighted by Gasteiger charge is 2.20. The predicted octanol–water partition coefficient (Wildman–Crippen LogP) is 2.43. The molecule has 3 heteroatoms. The van der Waals surface area contributed by atoms with Crippen molar-refractivity contribution in [3.63, 3.8) is 0 Å². The van der Waals surface area contributed by atoms with Gasteiger partial charge in [0.05, 0.1) is 0 Å². The number of rotatable bonds is 2. The topological polar surface area (TPSA) is 15.3 Å². The van der Waals surface area contributed by atoms with Gasteiger partial charge in [-0.3, -0.25) is 4.90 Å². The molecule has 0 bridgehead atoms. The Hall–Kier alpha value is -0.930. The SMILES string of the molecule is CC1CNCCN(C(C)c2ccc(F)cc2)C1. The van der Waals surface area contributed by atoms with Crippen LogP contribution in [0.15, 0.2) is 24.3 Å². The van der Waals surface area contributed by atoms with Gasteiger partial charge < -0.3 is 5.32 Å². The summed E-state index contributed by atoms with van der Waals surface area (Å²) in [6.45, 7) is 8.75. The summed E-state index contributed by atoms with van der Waals surface area (Å²) >= 11 is 0. The molecule has 0 amide bonds. The van der Waals surface area contributed by atoms with Gasteiger partial charge in [0.2, 0.25) is 0 Å². The first-order valence-electron chi connectivity index (χ1n) is 6.37. The molecule has 0 aliphatic carbocycles. The molecule has 1 aromatic carbocycles. The van der Waals surface area contributed by atoms with Crippen molar-refractivity contribution in [3.8, 4) is 0 Å². The normalized spacial score (nSPS) is 24.3. The zero-order chi connectivity index (χ0) is 12.3. The standard InChI is InChI=1S/C14H21FN2/c1-11-9-16-7-8-17(10-11)12(2)13-3-5-14(15)6-4-13/h3-6,11-12,16H,7-10H2,1-2H3. The lowest BCUT2D eigenvalue weighted by Gasteiger charge is -2.29. The number of benzene rings is 1. The summed E-state index contributed by atoms with van der Waals surface area (Å²) in [4.78, 5) is 2.47. The van der Waals surface area contributed by atoms with E-state index in [-0.39, 0.29) is 5.82 Å². The monoisotopic (exact) mass is 236 g/mol. The van der Waals surface area contributed by atoms with Gasteiger partial charge in [-0.05, 0) is 37.1 Å². The van der Waals surface area contributed by atoms with Crippen LogP contribution in [0.25, 0.3) is 0 Å². The van der Waals surface area contributed by atoms with E-state index >= 15 is 0 Å². The van der Waals surface area contributed by atoms with Crippen LogP contribution in [0.3, 0.4) is 0 Å². The summed E-state index contributed by atoms with van der Waals surface area (Å²) in [5.41, 5.74) is 1.19. The van der Waals surface area contributed by atoms with Crippen LogP contribution in [0.4, 0.5) is 4.39 Å². The van der Waals surface area contributed by atoms with Gasteiger partial charge in [0.25, 0.3) is 0 Å². The first kappa shape index (κ1) is 12.5. The fraction of sp³-hybridized carbons (Fsp3) is 0.571. The second kappa shape index (κ2) is 5.61. The molecule has 94 valence electrons. The number of hydrogen-bond donors (Lipinski definition) is 1. The van der Waals surface area contributed by atoms with Gasteiger partial charge in [-0.25, -0.2) is 4.39 Å². The number of hydrogen-bond acceptors (Lipinski definition) is 2. The van der Waals surface area contributed by atoms with E-state index in [1.54, 1.807) is 12.1 Å². The van der Waals surface area contributed by atoms with Gasteiger partial charge >= 0.3 is 0 Å². The van der Waals surface area contributed by atoms with E-state index < -0.39 is 0 Å². The second-order valence-electron chi connectivity index (χ2n) is 5.03. The van der Waals surface area contributed by atoms with E-state index in [4.69, 9.17) is 0 Å². The molecule has 0 saturated carbocycles.